The zero-order chi connectivity index (χ0) is 14.0. The molecule has 0 bridgehead atoms. The second kappa shape index (κ2) is 5.53. The third kappa shape index (κ3) is 3.42. The minimum Gasteiger partial charge on any atom is -0.392 e. The molecule has 0 atom stereocenters. The first-order valence-electron chi connectivity index (χ1n) is 6.43. The van der Waals surface area contributed by atoms with Gasteiger partial charge in [0.2, 0.25) is 5.91 Å². The van der Waals surface area contributed by atoms with Crippen molar-refractivity contribution in [2.24, 2.45) is 16.6 Å². The summed E-state index contributed by atoms with van der Waals surface area (Å²) in [5.41, 5.74) is 5.19. The summed E-state index contributed by atoms with van der Waals surface area (Å²) in [6.07, 6.45) is 2.62. The number of nitrogens with one attached hydrogen (secondary N) is 1. The fraction of sp³-hybridized carbons (Fsp3) is 0.846. The molecule has 3 N–H and O–H groups in total. The number of hydrogen-bond acceptors (Lipinski definition) is 3. The van der Waals surface area contributed by atoms with Crippen LogP contribution in [0.15, 0.2) is 0 Å². The maximum atomic E-state index is 12.2. The van der Waals surface area contributed by atoms with Crippen LogP contribution in [-0.2, 0) is 4.79 Å². The van der Waals surface area contributed by atoms with E-state index in [0.717, 1.165) is 25.8 Å². The molecule has 0 heterocycles. The summed E-state index contributed by atoms with van der Waals surface area (Å²) in [4.78, 5) is 14.7. The van der Waals surface area contributed by atoms with Crippen LogP contribution in [-0.4, -0.2) is 43.0 Å². The lowest BCUT2D eigenvalue weighted by molar-refractivity contribution is -0.131. The van der Waals surface area contributed by atoms with Gasteiger partial charge in [-0.2, -0.15) is 0 Å². The average Bonchev–Trinajstić information content (AvgIpc) is 2.10. The second-order valence-electron chi connectivity index (χ2n) is 6.38. The molecular formula is C13H25N3OS. The van der Waals surface area contributed by atoms with E-state index in [0.29, 0.717) is 11.5 Å². The van der Waals surface area contributed by atoms with E-state index >= 15 is 0 Å². The molecular weight excluding hydrogens is 246 g/mol. The van der Waals surface area contributed by atoms with Gasteiger partial charge in [-0.1, -0.05) is 32.5 Å². The number of rotatable bonds is 6. The fourth-order valence-corrected chi connectivity index (χ4v) is 2.81. The van der Waals surface area contributed by atoms with E-state index in [1.54, 1.807) is 0 Å². The predicted molar refractivity (Wildman–Crippen MR) is 78.4 cm³/mol. The fourth-order valence-electron chi connectivity index (χ4n) is 2.52. The van der Waals surface area contributed by atoms with Gasteiger partial charge in [0.1, 0.15) is 0 Å². The van der Waals surface area contributed by atoms with Gasteiger partial charge >= 0.3 is 0 Å². The van der Waals surface area contributed by atoms with Crippen LogP contribution < -0.4 is 11.1 Å². The van der Waals surface area contributed by atoms with Gasteiger partial charge < -0.3 is 16.0 Å². The Kier molecular flexibility index (Phi) is 4.72. The number of thiocarbonyl (C=S) groups is 1. The normalized spacial score (nSPS) is 18.3. The van der Waals surface area contributed by atoms with Crippen LogP contribution in [0.4, 0.5) is 0 Å². The van der Waals surface area contributed by atoms with Crippen molar-refractivity contribution in [1.29, 1.82) is 0 Å². The van der Waals surface area contributed by atoms with Crippen LogP contribution in [0.2, 0.25) is 0 Å². The first-order valence-corrected chi connectivity index (χ1v) is 6.83. The van der Waals surface area contributed by atoms with Crippen LogP contribution in [0, 0.1) is 10.8 Å². The summed E-state index contributed by atoms with van der Waals surface area (Å²) in [6.45, 7) is 5.85. The van der Waals surface area contributed by atoms with Crippen molar-refractivity contribution in [2.45, 2.75) is 33.1 Å². The van der Waals surface area contributed by atoms with Crippen LogP contribution in [0.25, 0.3) is 0 Å². The summed E-state index contributed by atoms with van der Waals surface area (Å²) in [5, 5.41) is 3.02. The maximum absolute atomic E-state index is 12.2. The predicted octanol–water partition coefficient (Wildman–Crippen LogP) is 1.15. The minimum absolute atomic E-state index is 0.00748. The van der Waals surface area contributed by atoms with E-state index in [2.05, 4.69) is 24.1 Å². The summed E-state index contributed by atoms with van der Waals surface area (Å²) < 4.78 is 0. The Bertz CT molecular complexity index is 335. The minimum atomic E-state index is -0.566. The van der Waals surface area contributed by atoms with Crippen molar-refractivity contribution >= 4 is 23.1 Å². The Morgan fingerprint density at radius 2 is 2.00 bits per heavy atom. The molecule has 1 fully saturated rings. The Labute approximate surface area is 115 Å². The van der Waals surface area contributed by atoms with Crippen LogP contribution in [0.5, 0.6) is 0 Å². The number of carbonyl (C=O) groups is 1. The zero-order valence-corrected chi connectivity index (χ0v) is 12.7. The van der Waals surface area contributed by atoms with Gasteiger partial charge in [0.25, 0.3) is 0 Å². The number of amides is 1. The van der Waals surface area contributed by atoms with Crippen molar-refractivity contribution in [2.75, 3.05) is 27.2 Å². The molecule has 1 aliphatic carbocycles. The molecule has 18 heavy (non-hydrogen) atoms. The molecule has 0 aromatic heterocycles. The summed E-state index contributed by atoms with van der Waals surface area (Å²) in [5.74, 6) is 0.00748. The van der Waals surface area contributed by atoms with Crippen molar-refractivity contribution in [3.63, 3.8) is 0 Å². The Hall–Kier alpha value is -0.680. The third-order valence-corrected chi connectivity index (χ3v) is 3.98. The highest BCUT2D eigenvalue weighted by molar-refractivity contribution is 7.80. The lowest BCUT2D eigenvalue weighted by Crippen LogP contribution is -2.54. The molecule has 4 nitrogen and oxygen atoms in total. The first-order chi connectivity index (χ1) is 8.19. The molecule has 1 aliphatic rings. The smallest absolute Gasteiger partial charge is 0.233 e. The molecule has 0 unspecified atom stereocenters. The molecule has 1 saturated carbocycles. The molecule has 0 aliphatic heterocycles. The first kappa shape index (κ1) is 15.4. The van der Waals surface area contributed by atoms with Crippen molar-refractivity contribution in [3.05, 3.63) is 0 Å². The van der Waals surface area contributed by atoms with Gasteiger partial charge in [-0.15, -0.1) is 0 Å². The summed E-state index contributed by atoms with van der Waals surface area (Å²) in [7, 11) is 4.07. The van der Waals surface area contributed by atoms with E-state index in [1.807, 2.05) is 14.1 Å². The molecule has 0 spiro atoms. The third-order valence-electron chi connectivity index (χ3n) is 3.59. The molecule has 0 radical (unpaired) electrons. The maximum Gasteiger partial charge on any atom is 0.233 e. The van der Waals surface area contributed by atoms with E-state index in [1.165, 1.54) is 0 Å². The van der Waals surface area contributed by atoms with E-state index in [4.69, 9.17) is 18.0 Å². The number of nitrogens with zero attached hydrogens (tertiary/aromatic N) is 1. The van der Waals surface area contributed by atoms with Crippen LogP contribution in [0.1, 0.15) is 33.1 Å². The largest absolute Gasteiger partial charge is 0.392 e. The van der Waals surface area contributed by atoms with E-state index in [-0.39, 0.29) is 11.3 Å². The Morgan fingerprint density at radius 3 is 2.33 bits per heavy atom. The van der Waals surface area contributed by atoms with Crippen molar-refractivity contribution < 1.29 is 4.79 Å². The quantitative estimate of drug-likeness (QED) is 0.712. The van der Waals surface area contributed by atoms with Crippen LogP contribution in [0.3, 0.4) is 0 Å². The monoisotopic (exact) mass is 271 g/mol. The van der Waals surface area contributed by atoms with Gasteiger partial charge in [0, 0.05) is 13.1 Å². The van der Waals surface area contributed by atoms with E-state index in [9.17, 15) is 4.79 Å². The van der Waals surface area contributed by atoms with Gasteiger partial charge in [-0.05, 0) is 32.4 Å². The molecule has 0 aromatic carbocycles. The second-order valence-corrected chi connectivity index (χ2v) is 6.82. The highest BCUT2D eigenvalue weighted by Gasteiger charge is 2.47. The molecule has 1 amide bonds. The topological polar surface area (TPSA) is 58.4 Å². The number of carbonyl (C=O) groups excluding carboxylic acids is 1. The molecule has 0 saturated heterocycles. The molecule has 5 heteroatoms. The van der Waals surface area contributed by atoms with Gasteiger partial charge in [0.15, 0.2) is 0 Å². The van der Waals surface area contributed by atoms with Gasteiger partial charge in [0.05, 0.1) is 10.4 Å². The molecule has 0 aromatic rings. The van der Waals surface area contributed by atoms with Crippen LogP contribution >= 0.6 is 12.2 Å². The standard InChI is InChI=1S/C13H25N3OS/c1-12(2,9-16(3)4)8-15-11(17)13(10(14)18)6-5-7-13/h5-9H2,1-4H3,(H2,14,18)(H,15,17). The van der Waals surface area contributed by atoms with Gasteiger partial charge in [-0.25, -0.2) is 0 Å². The molecule has 104 valence electrons. The van der Waals surface area contributed by atoms with E-state index < -0.39 is 5.41 Å². The van der Waals surface area contributed by atoms with Crippen molar-refractivity contribution in [3.8, 4) is 0 Å². The molecule has 1 rings (SSSR count). The average molecular weight is 271 g/mol. The lowest BCUT2D eigenvalue weighted by Gasteiger charge is -2.40. The number of hydrogen-bond donors (Lipinski definition) is 2. The lowest BCUT2D eigenvalue weighted by atomic mass is 9.68. The Morgan fingerprint density at radius 1 is 1.44 bits per heavy atom. The summed E-state index contributed by atoms with van der Waals surface area (Å²) >= 11 is 5.04. The van der Waals surface area contributed by atoms with Gasteiger partial charge in [-0.3, -0.25) is 4.79 Å². The highest BCUT2D eigenvalue weighted by atomic mass is 32.1. The highest BCUT2D eigenvalue weighted by Crippen LogP contribution is 2.41. The SMILES string of the molecule is CN(C)CC(C)(C)CNC(=O)C1(C(N)=S)CCC1. The summed E-state index contributed by atoms with van der Waals surface area (Å²) in [6, 6.07) is 0. The Balaban J connectivity index is 2.53. The zero-order valence-electron chi connectivity index (χ0n) is 11.9. The number of nitrogens with two attached hydrogens (primary N) is 1. The van der Waals surface area contributed by atoms with Crippen molar-refractivity contribution in [1.82, 2.24) is 10.2 Å².